The highest BCUT2D eigenvalue weighted by molar-refractivity contribution is 6.05. The monoisotopic (exact) mass is 253 g/mol. The Hall–Kier alpha value is -2.23. The molecule has 96 valence electrons. The molecule has 0 radical (unpaired) electrons. The Morgan fingerprint density at radius 3 is 2.84 bits per heavy atom. The van der Waals surface area contributed by atoms with E-state index in [0.717, 1.165) is 27.5 Å². The number of aryl methyl sites for hydroxylation is 1. The molecule has 4 heteroatoms. The zero-order chi connectivity index (χ0) is 13.6. The molecule has 1 N–H and O–H groups in total. The number of carbonyl (C=O) groups is 1. The molecule has 2 aromatic heterocycles. The van der Waals surface area contributed by atoms with Crippen LogP contribution in [0.1, 0.15) is 30.0 Å². The first-order valence-corrected chi connectivity index (χ1v) is 6.35. The maximum atomic E-state index is 12.0. The standard InChI is InChI=1S/C15H15N3O/c1-8(2)14(19)15-17-12-7-16-11-5-4-9(3)6-10(11)13(12)18-15/h4-8H,1-3H3,(H,17,18). The van der Waals surface area contributed by atoms with Gasteiger partial charge in [0.2, 0.25) is 5.78 Å². The van der Waals surface area contributed by atoms with Gasteiger partial charge < -0.3 is 4.98 Å². The minimum atomic E-state index is -0.0680. The van der Waals surface area contributed by atoms with E-state index >= 15 is 0 Å². The Balaban J connectivity index is 2.30. The van der Waals surface area contributed by atoms with Gasteiger partial charge in [-0.1, -0.05) is 25.5 Å². The molecule has 0 unspecified atom stereocenters. The Bertz CT molecular complexity index is 787. The topological polar surface area (TPSA) is 58.6 Å². The Morgan fingerprint density at radius 1 is 1.32 bits per heavy atom. The van der Waals surface area contributed by atoms with Crippen molar-refractivity contribution in [3.8, 4) is 0 Å². The summed E-state index contributed by atoms with van der Waals surface area (Å²) in [5.41, 5.74) is 3.68. The van der Waals surface area contributed by atoms with Gasteiger partial charge in [-0.3, -0.25) is 9.78 Å². The Labute approximate surface area is 110 Å². The summed E-state index contributed by atoms with van der Waals surface area (Å²) in [5, 5.41) is 0.983. The molecule has 0 atom stereocenters. The summed E-state index contributed by atoms with van der Waals surface area (Å²) in [5.74, 6) is 0.374. The van der Waals surface area contributed by atoms with Gasteiger partial charge in [0.1, 0.15) is 5.52 Å². The molecule has 3 rings (SSSR count). The highest BCUT2D eigenvalue weighted by Crippen LogP contribution is 2.23. The van der Waals surface area contributed by atoms with Crippen LogP contribution >= 0.6 is 0 Å². The number of imidazole rings is 1. The van der Waals surface area contributed by atoms with Crippen LogP contribution in [-0.4, -0.2) is 20.7 Å². The van der Waals surface area contributed by atoms with Crippen LogP contribution in [0.5, 0.6) is 0 Å². The molecule has 4 nitrogen and oxygen atoms in total. The number of nitrogens with zero attached hydrogens (tertiary/aromatic N) is 2. The second-order valence-corrected chi connectivity index (χ2v) is 5.15. The van der Waals surface area contributed by atoms with E-state index in [4.69, 9.17) is 0 Å². The maximum absolute atomic E-state index is 12.0. The van der Waals surface area contributed by atoms with Crippen molar-refractivity contribution in [1.82, 2.24) is 15.0 Å². The largest absolute Gasteiger partial charge is 0.334 e. The first-order valence-electron chi connectivity index (χ1n) is 6.35. The maximum Gasteiger partial charge on any atom is 0.200 e. The SMILES string of the molecule is Cc1ccc2ncc3[nH]c(C(=O)C(C)C)nc3c2c1. The van der Waals surface area contributed by atoms with E-state index in [1.54, 1.807) is 6.20 Å². The van der Waals surface area contributed by atoms with Crippen LogP contribution in [0.15, 0.2) is 24.4 Å². The Kier molecular flexibility index (Phi) is 2.59. The van der Waals surface area contributed by atoms with Crippen molar-refractivity contribution in [2.45, 2.75) is 20.8 Å². The zero-order valence-corrected chi connectivity index (χ0v) is 11.2. The van der Waals surface area contributed by atoms with Gasteiger partial charge in [-0.05, 0) is 19.1 Å². The predicted molar refractivity (Wildman–Crippen MR) is 75.3 cm³/mol. The van der Waals surface area contributed by atoms with Gasteiger partial charge >= 0.3 is 0 Å². The molecule has 0 bridgehead atoms. The van der Waals surface area contributed by atoms with E-state index in [1.807, 2.05) is 32.9 Å². The van der Waals surface area contributed by atoms with Gasteiger partial charge in [-0.15, -0.1) is 0 Å². The zero-order valence-electron chi connectivity index (χ0n) is 11.2. The number of Topliss-reactive ketones (excluding diaryl/α,β-unsaturated/α-hetero) is 1. The summed E-state index contributed by atoms with van der Waals surface area (Å²) in [6.45, 7) is 5.77. The fourth-order valence-electron chi connectivity index (χ4n) is 2.16. The molecule has 0 saturated heterocycles. The molecule has 0 saturated carbocycles. The van der Waals surface area contributed by atoms with E-state index < -0.39 is 0 Å². The number of rotatable bonds is 2. The number of benzene rings is 1. The molecule has 3 aromatic rings. The van der Waals surface area contributed by atoms with Gasteiger partial charge in [0.15, 0.2) is 5.82 Å². The highest BCUT2D eigenvalue weighted by atomic mass is 16.1. The molecule has 0 fully saturated rings. The van der Waals surface area contributed by atoms with Crippen LogP contribution in [0, 0.1) is 12.8 Å². The molecule has 2 heterocycles. The van der Waals surface area contributed by atoms with Crippen molar-refractivity contribution in [3.05, 3.63) is 35.8 Å². The molecule has 19 heavy (non-hydrogen) atoms. The molecule has 0 amide bonds. The smallest absolute Gasteiger partial charge is 0.200 e. The van der Waals surface area contributed by atoms with Crippen LogP contribution < -0.4 is 0 Å². The number of H-pyrrole nitrogens is 1. The van der Waals surface area contributed by atoms with E-state index in [-0.39, 0.29) is 11.7 Å². The van der Waals surface area contributed by atoms with E-state index in [0.29, 0.717) is 5.82 Å². The molecule has 1 aromatic carbocycles. The van der Waals surface area contributed by atoms with Crippen LogP contribution in [0.25, 0.3) is 21.9 Å². The van der Waals surface area contributed by atoms with Gasteiger partial charge in [0, 0.05) is 11.3 Å². The van der Waals surface area contributed by atoms with Crippen molar-refractivity contribution >= 4 is 27.7 Å². The number of carbonyl (C=O) groups excluding carboxylic acids is 1. The van der Waals surface area contributed by atoms with Crippen LogP contribution in [0.2, 0.25) is 0 Å². The summed E-state index contributed by atoms with van der Waals surface area (Å²) in [6, 6.07) is 6.05. The molecular formula is C15H15N3O. The minimum absolute atomic E-state index is 0.0250. The van der Waals surface area contributed by atoms with Gasteiger partial charge in [-0.2, -0.15) is 0 Å². The fourth-order valence-corrected chi connectivity index (χ4v) is 2.16. The first-order chi connectivity index (χ1) is 9.06. The van der Waals surface area contributed by atoms with Crippen molar-refractivity contribution in [2.75, 3.05) is 0 Å². The number of hydrogen-bond donors (Lipinski definition) is 1. The number of hydrogen-bond acceptors (Lipinski definition) is 3. The third kappa shape index (κ3) is 1.89. The quantitative estimate of drug-likeness (QED) is 0.713. The highest BCUT2D eigenvalue weighted by Gasteiger charge is 2.16. The van der Waals surface area contributed by atoms with Crippen molar-refractivity contribution in [1.29, 1.82) is 0 Å². The summed E-state index contributed by atoms with van der Waals surface area (Å²) in [7, 11) is 0. The third-order valence-electron chi connectivity index (χ3n) is 3.23. The van der Waals surface area contributed by atoms with Crippen molar-refractivity contribution in [3.63, 3.8) is 0 Å². The molecule has 0 aliphatic rings. The Morgan fingerprint density at radius 2 is 2.11 bits per heavy atom. The summed E-state index contributed by atoms with van der Waals surface area (Å²) < 4.78 is 0. The number of nitrogens with one attached hydrogen (secondary N) is 1. The molecular weight excluding hydrogens is 238 g/mol. The summed E-state index contributed by atoms with van der Waals surface area (Å²) >= 11 is 0. The number of aromatic amines is 1. The lowest BCUT2D eigenvalue weighted by Crippen LogP contribution is -2.09. The fraction of sp³-hybridized carbons (Fsp3) is 0.267. The summed E-state index contributed by atoms with van der Waals surface area (Å²) in [6.07, 6.45) is 1.73. The molecule has 0 aliphatic heterocycles. The number of pyridine rings is 1. The van der Waals surface area contributed by atoms with Crippen LogP contribution in [0.3, 0.4) is 0 Å². The first kappa shape index (κ1) is 11.8. The molecule has 0 spiro atoms. The average Bonchev–Trinajstić information content (AvgIpc) is 2.81. The second-order valence-electron chi connectivity index (χ2n) is 5.15. The van der Waals surface area contributed by atoms with Crippen LogP contribution in [-0.2, 0) is 0 Å². The average molecular weight is 253 g/mol. The second kappa shape index (κ2) is 4.16. The molecule has 0 aliphatic carbocycles. The number of aromatic nitrogens is 3. The van der Waals surface area contributed by atoms with Gasteiger partial charge in [0.05, 0.1) is 17.2 Å². The summed E-state index contributed by atoms with van der Waals surface area (Å²) in [4.78, 5) is 23.9. The van der Waals surface area contributed by atoms with Gasteiger partial charge in [-0.25, -0.2) is 4.98 Å². The lowest BCUT2D eigenvalue weighted by molar-refractivity contribution is 0.0930. The van der Waals surface area contributed by atoms with E-state index in [2.05, 4.69) is 21.0 Å². The predicted octanol–water partition coefficient (Wildman–Crippen LogP) is 3.26. The van der Waals surface area contributed by atoms with Crippen LogP contribution in [0.4, 0.5) is 0 Å². The lowest BCUT2D eigenvalue weighted by Gasteiger charge is -1.99. The van der Waals surface area contributed by atoms with Crippen molar-refractivity contribution in [2.24, 2.45) is 5.92 Å². The lowest BCUT2D eigenvalue weighted by atomic mass is 10.1. The number of fused-ring (bicyclic) bond motifs is 3. The number of ketones is 1. The van der Waals surface area contributed by atoms with Crippen molar-refractivity contribution < 1.29 is 4.79 Å². The van der Waals surface area contributed by atoms with Gasteiger partial charge in [0.25, 0.3) is 0 Å². The van der Waals surface area contributed by atoms with E-state index in [1.165, 1.54) is 0 Å². The normalized spacial score (nSPS) is 11.6. The van der Waals surface area contributed by atoms with E-state index in [9.17, 15) is 4.79 Å². The third-order valence-corrected chi connectivity index (χ3v) is 3.23. The minimum Gasteiger partial charge on any atom is -0.334 e.